The van der Waals surface area contributed by atoms with Gasteiger partial charge in [0.1, 0.15) is 5.75 Å². The highest BCUT2D eigenvalue weighted by molar-refractivity contribution is 5.38. The number of benzene rings is 1. The Morgan fingerprint density at radius 3 is 2.56 bits per heavy atom. The van der Waals surface area contributed by atoms with Crippen molar-refractivity contribution < 1.29 is 5.11 Å². The number of aryl methyl sites for hydroxylation is 1. The van der Waals surface area contributed by atoms with Gasteiger partial charge in [-0.05, 0) is 36.8 Å². The minimum absolute atomic E-state index is 0.257. The summed E-state index contributed by atoms with van der Waals surface area (Å²) >= 11 is 0. The molecule has 1 aromatic heterocycles. The molecule has 0 aliphatic rings. The Kier molecular flexibility index (Phi) is 2.92. The van der Waals surface area contributed by atoms with E-state index in [-0.39, 0.29) is 5.75 Å². The van der Waals surface area contributed by atoms with Crippen molar-refractivity contribution in [3.63, 3.8) is 0 Å². The van der Waals surface area contributed by atoms with Crippen LogP contribution in [0.3, 0.4) is 0 Å². The van der Waals surface area contributed by atoms with Crippen LogP contribution in [0, 0.1) is 0 Å². The Hall–Kier alpha value is -1.81. The predicted octanol–water partition coefficient (Wildman–Crippen LogP) is 1.60. The molecule has 4 nitrogen and oxygen atoms in total. The molecule has 4 heteroatoms. The summed E-state index contributed by atoms with van der Waals surface area (Å²) < 4.78 is 1.86. The van der Waals surface area contributed by atoms with Gasteiger partial charge >= 0.3 is 0 Å². The second kappa shape index (κ2) is 4.37. The van der Waals surface area contributed by atoms with Crippen molar-refractivity contribution in [3.05, 3.63) is 41.7 Å². The SMILES string of the molecule is CCc1cc(CN)nn1-c1ccc(O)cc1. The standard InChI is InChI=1S/C12H15N3O/c1-2-10-7-9(8-13)14-15(10)11-3-5-12(16)6-4-11/h3-7,16H,2,8,13H2,1H3. The van der Waals surface area contributed by atoms with Crippen LogP contribution in [0.15, 0.2) is 30.3 Å². The van der Waals surface area contributed by atoms with E-state index in [0.29, 0.717) is 6.54 Å². The maximum atomic E-state index is 9.23. The van der Waals surface area contributed by atoms with Crippen molar-refractivity contribution in [1.82, 2.24) is 9.78 Å². The average Bonchev–Trinajstić information content (AvgIpc) is 2.73. The zero-order valence-electron chi connectivity index (χ0n) is 9.22. The van der Waals surface area contributed by atoms with Crippen LogP contribution < -0.4 is 5.73 Å². The Labute approximate surface area is 94.3 Å². The van der Waals surface area contributed by atoms with Gasteiger partial charge in [0.2, 0.25) is 0 Å². The van der Waals surface area contributed by atoms with Crippen molar-refractivity contribution in [3.8, 4) is 11.4 Å². The van der Waals surface area contributed by atoms with Crippen molar-refractivity contribution in [2.24, 2.45) is 5.73 Å². The van der Waals surface area contributed by atoms with E-state index in [9.17, 15) is 5.11 Å². The molecule has 2 rings (SSSR count). The average molecular weight is 217 g/mol. The molecule has 16 heavy (non-hydrogen) atoms. The van der Waals surface area contributed by atoms with E-state index in [0.717, 1.165) is 23.5 Å². The lowest BCUT2D eigenvalue weighted by atomic mass is 10.2. The number of aromatic nitrogens is 2. The molecule has 3 N–H and O–H groups in total. The monoisotopic (exact) mass is 217 g/mol. The van der Waals surface area contributed by atoms with Gasteiger partial charge in [-0.25, -0.2) is 4.68 Å². The molecule has 1 aromatic carbocycles. The number of hydrogen-bond acceptors (Lipinski definition) is 3. The molecule has 0 radical (unpaired) electrons. The second-order valence-corrected chi connectivity index (χ2v) is 3.61. The molecule has 0 saturated heterocycles. The molecule has 0 fully saturated rings. The fourth-order valence-corrected chi connectivity index (χ4v) is 1.64. The summed E-state index contributed by atoms with van der Waals surface area (Å²) in [4.78, 5) is 0. The molecule has 2 aromatic rings. The molecule has 0 spiro atoms. The normalized spacial score (nSPS) is 10.6. The summed E-state index contributed by atoms with van der Waals surface area (Å²) in [7, 11) is 0. The third kappa shape index (κ3) is 1.92. The van der Waals surface area contributed by atoms with Crippen LogP contribution in [0.2, 0.25) is 0 Å². The van der Waals surface area contributed by atoms with Crippen LogP contribution in [-0.2, 0) is 13.0 Å². The first-order valence-electron chi connectivity index (χ1n) is 5.32. The Morgan fingerprint density at radius 1 is 1.31 bits per heavy atom. The molecular formula is C12H15N3O. The summed E-state index contributed by atoms with van der Waals surface area (Å²) in [5.74, 6) is 0.257. The first-order valence-corrected chi connectivity index (χ1v) is 5.32. The predicted molar refractivity (Wildman–Crippen MR) is 62.5 cm³/mol. The Balaban J connectivity index is 2.45. The van der Waals surface area contributed by atoms with Gasteiger partial charge in [-0.3, -0.25) is 0 Å². The third-order valence-electron chi connectivity index (χ3n) is 2.50. The molecule has 0 bridgehead atoms. The van der Waals surface area contributed by atoms with E-state index >= 15 is 0 Å². The van der Waals surface area contributed by atoms with Crippen molar-refractivity contribution in [1.29, 1.82) is 0 Å². The zero-order valence-corrected chi connectivity index (χ0v) is 9.22. The minimum atomic E-state index is 0.257. The lowest BCUT2D eigenvalue weighted by molar-refractivity contribution is 0.475. The molecule has 0 amide bonds. The van der Waals surface area contributed by atoms with E-state index in [2.05, 4.69) is 12.0 Å². The van der Waals surface area contributed by atoms with Crippen LogP contribution >= 0.6 is 0 Å². The van der Waals surface area contributed by atoms with Crippen LogP contribution in [0.25, 0.3) is 5.69 Å². The molecular weight excluding hydrogens is 202 g/mol. The van der Waals surface area contributed by atoms with Crippen molar-refractivity contribution in [2.45, 2.75) is 19.9 Å². The van der Waals surface area contributed by atoms with Gasteiger partial charge < -0.3 is 10.8 Å². The van der Waals surface area contributed by atoms with Gasteiger partial charge in [-0.15, -0.1) is 0 Å². The highest BCUT2D eigenvalue weighted by Gasteiger charge is 2.06. The Morgan fingerprint density at radius 2 is 2.00 bits per heavy atom. The number of nitrogens with zero attached hydrogens (tertiary/aromatic N) is 2. The highest BCUT2D eigenvalue weighted by atomic mass is 16.3. The van der Waals surface area contributed by atoms with E-state index in [1.165, 1.54) is 0 Å². The number of phenols is 1. The topological polar surface area (TPSA) is 64.1 Å². The van der Waals surface area contributed by atoms with Crippen molar-refractivity contribution >= 4 is 0 Å². The summed E-state index contributed by atoms with van der Waals surface area (Å²) in [6.45, 7) is 2.52. The van der Waals surface area contributed by atoms with Crippen LogP contribution in [0.1, 0.15) is 18.3 Å². The molecule has 0 aliphatic heterocycles. The molecule has 1 heterocycles. The first-order chi connectivity index (χ1) is 7.74. The number of aromatic hydroxyl groups is 1. The summed E-state index contributed by atoms with van der Waals surface area (Å²) in [5, 5.41) is 13.6. The van der Waals surface area contributed by atoms with E-state index < -0.39 is 0 Å². The van der Waals surface area contributed by atoms with E-state index in [1.54, 1.807) is 12.1 Å². The summed E-state index contributed by atoms with van der Waals surface area (Å²) in [6, 6.07) is 8.98. The zero-order chi connectivity index (χ0) is 11.5. The number of nitrogens with two attached hydrogens (primary N) is 1. The van der Waals surface area contributed by atoms with Gasteiger partial charge in [0.05, 0.1) is 11.4 Å². The lowest BCUT2D eigenvalue weighted by Crippen LogP contribution is -2.02. The van der Waals surface area contributed by atoms with Gasteiger partial charge in [-0.1, -0.05) is 6.92 Å². The van der Waals surface area contributed by atoms with Gasteiger partial charge in [0.15, 0.2) is 0 Å². The van der Waals surface area contributed by atoms with E-state index in [1.807, 2.05) is 22.9 Å². The van der Waals surface area contributed by atoms with Crippen LogP contribution in [0.5, 0.6) is 5.75 Å². The quantitative estimate of drug-likeness (QED) is 0.820. The summed E-state index contributed by atoms with van der Waals surface area (Å²) in [6.07, 6.45) is 0.897. The van der Waals surface area contributed by atoms with Gasteiger partial charge in [0.25, 0.3) is 0 Å². The molecule has 0 saturated carbocycles. The minimum Gasteiger partial charge on any atom is -0.508 e. The maximum Gasteiger partial charge on any atom is 0.115 e. The highest BCUT2D eigenvalue weighted by Crippen LogP contribution is 2.16. The fraction of sp³-hybridized carbons (Fsp3) is 0.250. The molecule has 0 atom stereocenters. The third-order valence-corrected chi connectivity index (χ3v) is 2.50. The smallest absolute Gasteiger partial charge is 0.115 e. The maximum absolute atomic E-state index is 9.23. The number of phenolic OH excluding ortho intramolecular Hbond substituents is 1. The summed E-state index contributed by atoms with van der Waals surface area (Å²) in [5.41, 5.74) is 8.51. The number of hydrogen-bond donors (Lipinski definition) is 2. The fourth-order valence-electron chi connectivity index (χ4n) is 1.64. The molecule has 0 aliphatic carbocycles. The van der Waals surface area contributed by atoms with Gasteiger partial charge in [-0.2, -0.15) is 5.10 Å². The molecule has 84 valence electrons. The van der Waals surface area contributed by atoms with Gasteiger partial charge in [0, 0.05) is 12.2 Å². The first kappa shape index (κ1) is 10.7. The lowest BCUT2D eigenvalue weighted by Gasteiger charge is -2.05. The van der Waals surface area contributed by atoms with Crippen molar-refractivity contribution in [2.75, 3.05) is 0 Å². The van der Waals surface area contributed by atoms with E-state index in [4.69, 9.17) is 5.73 Å². The second-order valence-electron chi connectivity index (χ2n) is 3.61. The molecule has 0 unspecified atom stereocenters. The largest absolute Gasteiger partial charge is 0.508 e. The Bertz CT molecular complexity index is 474. The van der Waals surface area contributed by atoms with Crippen LogP contribution in [-0.4, -0.2) is 14.9 Å². The van der Waals surface area contributed by atoms with Crippen LogP contribution in [0.4, 0.5) is 0 Å². The number of rotatable bonds is 3.